The first-order valence-electron chi connectivity index (χ1n) is 14.9. The lowest BCUT2D eigenvalue weighted by Gasteiger charge is -2.36. The highest BCUT2D eigenvalue weighted by molar-refractivity contribution is 5.95. The highest BCUT2D eigenvalue weighted by Gasteiger charge is 2.23. The number of carbonyl (C=O) groups is 2. The smallest absolute Gasteiger partial charge is 0.254 e. The fourth-order valence-corrected chi connectivity index (χ4v) is 5.12. The minimum atomic E-state index is -0.0291. The van der Waals surface area contributed by atoms with Crippen molar-refractivity contribution < 1.29 is 19.1 Å². The van der Waals surface area contributed by atoms with Crippen LogP contribution in [-0.2, 0) is 6.42 Å². The average molecular weight is 570 g/mol. The van der Waals surface area contributed by atoms with Crippen LogP contribution in [0.25, 0.3) is 6.08 Å². The van der Waals surface area contributed by atoms with Crippen LogP contribution in [0.4, 0.5) is 0 Å². The molecule has 0 saturated carbocycles. The molecule has 0 atom stereocenters. The van der Waals surface area contributed by atoms with E-state index in [0.717, 1.165) is 55.8 Å². The molecule has 222 valence electrons. The van der Waals surface area contributed by atoms with Gasteiger partial charge < -0.3 is 19.3 Å². The Labute approximate surface area is 250 Å². The Morgan fingerprint density at radius 1 is 0.857 bits per heavy atom. The minimum Gasteiger partial charge on any atom is -0.497 e. The second kappa shape index (κ2) is 15.8. The number of methoxy groups -OCH3 is 2. The Kier molecular flexibility index (Phi) is 11.6. The molecule has 1 heterocycles. The van der Waals surface area contributed by atoms with E-state index in [1.807, 2.05) is 70.5 Å². The van der Waals surface area contributed by atoms with E-state index in [2.05, 4.69) is 24.0 Å². The third-order valence-electron chi connectivity index (χ3n) is 7.75. The largest absolute Gasteiger partial charge is 0.497 e. The summed E-state index contributed by atoms with van der Waals surface area (Å²) in [5.74, 6) is 1.57. The first-order valence-corrected chi connectivity index (χ1v) is 14.9. The number of hydrogen-bond acceptors (Lipinski definition) is 5. The zero-order valence-corrected chi connectivity index (χ0v) is 25.1. The van der Waals surface area contributed by atoms with Crippen molar-refractivity contribution in [3.05, 3.63) is 101 Å². The zero-order chi connectivity index (χ0) is 29.7. The fraction of sp³-hybridized carbons (Fsp3) is 0.371. The van der Waals surface area contributed by atoms with E-state index >= 15 is 0 Å². The number of para-hydroxylation sites is 1. The molecule has 7 heteroatoms. The lowest BCUT2D eigenvalue weighted by Crippen LogP contribution is -2.50. The van der Waals surface area contributed by atoms with Crippen LogP contribution in [0.2, 0.25) is 0 Å². The fourth-order valence-electron chi connectivity index (χ4n) is 5.12. The van der Waals surface area contributed by atoms with Crippen LogP contribution in [0.3, 0.4) is 0 Å². The van der Waals surface area contributed by atoms with Crippen LogP contribution in [-0.4, -0.2) is 86.5 Å². The number of hydrogen-bond donors (Lipinski definition) is 0. The number of nitrogens with zero attached hydrogens (tertiary/aromatic N) is 3. The van der Waals surface area contributed by atoms with Crippen molar-refractivity contribution >= 4 is 17.9 Å². The molecular formula is C35H43N3O4. The molecule has 1 aliphatic heterocycles. The zero-order valence-electron chi connectivity index (χ0n) is 25.1. The van der Waals surface area contributed by atoms with Gasteiger partial charge in [-0.05, 0) is 60.9 Å². The number of aryl methyl sites for hydroxylation is 1. The van der Waals surface area contributed by atoms with Crippen molar-refractivity contribution in [1.29, 1.82) is 0 Å². The van der Waals surface area contributed by atoms with Gasteiger partial charge in [0.15, 0.2) is 0 Å². The van der Waals surface area contributed by atoms with Gasteiger partial charge in [-0.1, -0.05) is 55.8 Å². The first kappa shape index (κ1) is 30.8. The Morgan fingerprint density at radius 3 is 2.21 bits per heavy atom. The van der Waals surface area contributed by atoms with Crippen LogP contribution in [0, 0.1) is 0 Å². The number of benzene rings is 3. The number of carbonyl (C=O) groups excluding carboxylic acids is 2. The molecule has 42 heavy (non-hydrogen) atoms. The molecule has 4 rings (SSSR count). The summed E-state index contributed by atoms with van der Waals surface area (Å²) in [6.45, 7) is 6.88. The van der Waals surface area contributed by atoms with Gasteiger partial charge in [-0.15, -0.1) is 0 Å². The number of piperazine rings is 1. The molecule has 0 aliphatic carbocycles. The Hall–Kier alpha value is -4.10. The standard InChI is InChI=1S/C35H43N3O4/c1-4-5-9-28-13-15-30(16-14-28)35(40)38-26-23-36(24-27-38)22-25-37(34(39)31-17-19-32(41-2)20-18-31)21-8-11-29-10-6-7-12-33(29)42-3/h6-8,10-20H,4-5,9,21-27H2,1-3H3/b11-8+. The topological polar surface area (TPSA) is 62.3 Å². The first-order chi connectivity index (χ1) is 20.5. The van der Waals surface area contributed by atoms with Crippen molar-refractivity contribution in [2.45, 2.75) is 26.2 Å². The maximum Gasteiger partial charge on any atom is 0.254 e. The van der Waals surface area contributed by atoms with Gasteiger partial charge >= 0.3 is 0 Å². The van der Waals surface area contributed by atoms with Crippen LogP contribution >= 0.6 is 0 Å². The molecule has 0 spiro atoms. The summed E-state index contributed by atoms with van der Waals surface area (Å²) < 4.78 is 10.7. The highest BCUT2D eigenvalue weighted by Crippen LogP contribution is 2.19. The normalized spacial score (nSPS) is 13.7. The number of rotatable bonds is 13. The summed E-state index contributed by atoms with van der Waals surface area (Å²) in [4.78, 5) is 32.8. The monoisotopic (exact) mass is 569 g/mol. The van der Waals surface area contributed by atoms with Crippen molar-refractivity contribution in [2.24, 2.45) is 0 Å². The van der Waals surface area contributed by atoms with Crippen molar-refractivity contribution in [2.75, 3.05) is 60.0 Å². The van der Waals surface area contributed by atoms with Crippen LogP contribution < -0.4 is 9.47 Å². The molecule has 3 aromatic rings. The molecule has 1 fully saturated rings. The predicted octanol–water partition coefficient (Wildman–Crippen LogP) is 5.66. The van der Waals surface area contributed by atoms with Gasteiger partial charge in [0.25, 0.3) is 11.8 Å². The molecule has 0 aromatic heterocycles. The predicted molar refractivity (Wildman–Crippen MR) is 168 cm³/mol. The lowest BCUT2D eigenvalue weighted by molar-refractivity contribution is 0.0609. The Balaban J connectivity index is 1.35. The summed E-state index contributed by atoms with van der Waals surface area (Å²) in [6.07, 6.45) is 7.38. The number of unbranched alkanes of at least 4 members (excludes halogenated alkanes) is 1. The average Bonchev–Trinajstić information content (AvgIpc) is 3.05. The van der Waals surface area contributed by atoms with Crippen molar-refractivity contribution in [1.82, 2.24) is 14.7 Å². The summed E-state index contributed by atoms with van der Waals surface area (Å²) in [7, 11) is 3.27. The lowest BCUT2D eigenvalue weighted by atomic mass is 10.1. The molecule has 1 aliphatic rings. The van der Waals surface area contributed by atoms with Gasteiger partial charge in [-0.3, -0.25) is 14.5 Å². The van der Waals surface area contributed by atoms with Crippen LogP contribution in [0.5, 0.6) is 11.5 Å². The van der Waals surface area contributed by atoms with Gasteiger partial charge in [0.2, 0.25) is 0 Å². The van der Waals surface area contributed by atoms with E-state index in [-0.39, 0.29) is 11.8 Å². The van der Waals surface area contributed by atoms with E-state index in [1.54, 1.807) is 26.4 Å². The van der Waals surface area contributed by atoms with Crippen LogP contribution in [0.1, 0.15) is 51.6 Å². The number of amides is 2. The van der Waals surface area contributed by atoms with E-state index in [0.29, 0.717) is 37.5 Å². The second-order valence-corrected chi connectivity index (χ2v) is 10.6. The summed E-state index contributed by atoms with van der Waals surface area (Å²) in [6, 6.07) is 23.1. The van der Waals surface area contributed by atoms with E-state index < -0.39 is 0 Å². The van der Waals surface area contributed by atoms with Gasteiger partial charge in [-0.25, -0.2) is 0 Å². The summed E-state index contributed by atoms with van der Waals surface area (Å²) >= 11 is 0. The maximum atomic E-state index is 13.5. The van der Waals surface area contributed by atoms with Gasteiger partial charge in [0.1, 0.15) is 11.5 Å². The second-order valence-electron chi connectivity index (χ2n) is 10.6. The molecule has 0 unspecified atom stereocenters. The molecule has 0 bridgehead atoms. The van der Waals surface area contributed by atoms with Gasteiger partial charge in [0, 0.05) is 62.5 Å². The Morgan fingerprint density at radius 2 is 1.55 bits per heavy atom. The molecule has 1 saturated heterocycles. The molecular weight excluding hydrogens is 526 g/mol. The third-order valence-corrected chi connectivity index (χ3v) is 7.75. The van der Waals surface area contributed by atoms with Crippen molar-refractivity contribution in [3.63, 3.8) is 0 Å². The van der Waals surface area contributed by atoms with Gasteiger partial charge in [-0.2, -0.15) is 0 Å². The molecule has 2 amide bonds. The number of ether oxygens (including phenoxy) is 2. The minimum absolute atomic E-state index is 0.0291. The van der Waals surface area contributed by atoms with Crippen LogP contribution in [0.15, 0.2) is 78.9 Å². The molecule has 7 nitrogen and oxygen atoms in total. The van der Waals surface area contributed by atoms with E-state index in [1.165, 1.54) is 5.56 Å². The molecule has 0 radical (unpaired) electrons. The van der Waals surface area contributed by atoms with E-state index in [4.69, 9.17) is 9.47 Å². The Bertz CT molecular complexity index is 1310. The third kappa shape index (κ3) is 8.46. The SMILES string of the molecule is CCCCc1ccc(C(=O)N2CCN(CCN(C/C=C/c3ccccc3OC)C(=O)c3ccc(OC)cc3)CC2)cc1. The molecule has 0 N–H and O–H groups in total. The van der Waals surface area contributed by atoms with Crippen molar-refractivity contribution in [3.8, 4) is 11.5 Å². The summed E-state index contributed by atoms with van der Waals surface area (Å²) in [5.41, 5.74) is 3.62. The highest BCUT2D eigenvalue weighted by atomic mass is 16.5. The molecule has 3 aromatic carbocycles. The van der Waals surface area contributed by atoms with E-state index in [9.17, 15) is 9.59 Å². The summed E-state index contributed by atoms with van der Waals surface area (Å²) in [5, 5.41) is 0. The maximum absolute atomic E-state index is 13.5. The van der Waals surface area contributed by atoms with Gasteiger partial charge in [0.05, 0.1) is 14.2 Å². The quantitative estimate of drug-likeness (QED) is 0.266.